The van der Waals surface area contributed by atoms with Gasteiger partial charge in [-0.3, -0.25) is 4.79 Å². The van der Waals surface area contributed by atoms with Gasteiger partial charge in [0.2, 0.25) is 0 Å². The van der Waals surface area contributed by atoms with Crippen molar-refractivity contribution < 1.29 is 4.79 Å². The molecule has 0 aliphatic carbocycles. The lowest BCUT2D eigenvalue weighted by Crippen LogP contribution is -2.13. The highest BCUT2D eigenvalue weighted by molar-refractivity contribution is 6.42. The van der Waals surface area contributed by atoms with Crippen LogP contribution < -0.4 is 5.32 Å². The Kier molecular flexibility index (Phi) is 6.47. The molecule has 0 aliphatic rings. The predicted molar refractivity (Wildman–Crippen MR) is 128 cm³/mol. The summed E-state index contributed by atoms with van der Waals surface area (Å²) in [6.45, 7) is 0. The number of anilines is 1. The van der Waals surface area contributed by atoms with Crippen LogP contribution in [-0.4, -0.2) is 15.7 Å². The first kappa shape index (κ1) is 22.0. The Morgan fingerprint density at radius 1 is 0.742 bits per heavy atom. The van der Waals surface area contributed by atoms with Gasteiger partial charge in [0.05, 0.1) is 26.4 Å². The van der Waals surface area contributed by atoms with Crippen LogP contribution in [0.1, 0.15) is 10.5 Å². The zero-order valence-corrected chi connectivity index (χ0v) is 19.3. The van der Waals surface area contributed by atoms with E-state index in [1.54, 1.807) is 59.3 Å². The Morgan fingerprint density at radius 2 is 1.42 bits per heavy atom. The molecular weight excluding hydrogens is 500 g/mol. The molecule has 1 N–H and O–H groups in total. The number of carbonyl (C=O) groups is 1. The molecule has 1 amide bonds. The van der Waals surface area contributed by atoms with Gasteiger partial charge in [0.1, 0.15) is 0 Å². The SMILES string of the molecule is O=C(Nc1ccc(Cl)c(Cl)c1)c1cc(-c2ccc(Cl)cc2)n(-c2cc(Cl)ccc2Cl)n1. The lowest BCUT2D eigenvalue weighted by atomic mass is 10.1. The summed E-state index contributed by atoms with van der Waals surface area (Å²) in [5, 5.41) is 9.48. The van der Waals surface area contributed by atoms with Gasteiger partial charge < -0.3 is 5.32 Å². The van der Waals surface area contributed by atoms with E-state index in [4.69, 9.17) is 58.0 Å². The second kappa shape index (κ2) is 9.11. The number of aromatic nitrogens is 2. The van der Waals surface area contributed by atoms with Gasteiger partial charge >= 0.3 is 0 Å². The highest BCUT2D eigenvalue weighted by Crippen LogP contribution is 2.31. The van der Waals surface area contributed by atoms with Crippen molar-refractivity contribution in [2.45, 2.75) is 0 Å². The van der Waals surface area contributed by atoms with Gasteiger partial charge in [-0.1, -0.05) is 70.1 Å². The number of rotatable bonds is 4. The Hall–Kier alpha value is -2.21. The Labute approximate surface area is 203 Å². The molecule has 3 aromatic carbocycles. The van der Waals surface area contributed by atoms with E-state index in [1.807, 2.05) is 12.1 Å². The van der Waals surface area contributed by atoms with E-state index >= 15 is 0 Å². The van der Waals surface area contributed by atoms with Gasteiger partial charge in [0.15, 0.2) is 5.69 Å². The van der Waals surface area contributed by atoms with Gasteiger partial charge in [-0.15, -0.1) is 0 Å². The molecule has 0 fully saturated rings. The third-order valence-corrected chi connectivity index (χ3v) is 5.94. The molecule has 156 valence electrons. The van der Waals surface area contributed by atoms with Crippen LogP contribution in [0, 0.1) is 0 Å². The fourth-order valence-corrected chi connectivity index (χ4v) is 3.71. The monoisotopic (exact) mass is 509 g/mol. The normalized spacial score (nSPS) is 10.9. The van der Waals surface area contributed by atoms with Crippen molar-refractivity contribution in [2.75, 3.05) is 5.32 Å². The fraction of sp³-hybridized carbons (Fsp3) is 0. The number of amides is 1. The summed E-state index contributed by atoms with van der Waals surface area (Å²) in [4.78, 5) is 12.9. The number of benzene rings is 3. The molecule has 4 rings (SSSR count). The molecule has 0 saturated carbocycles. The van der Waals surface area contributed by atoms with Crippen molar-refractivity contribution in [3.8, 4) is 16.9 Å². The average molecular weight is 512 g/mol. The minimum atomic E-state index is -0.425. The number of carbonyl (C=O) groups excluding carboxylic acids is 1. The molecule has 1 heterocycles. The smallest absolute Gasteiger partial charge is 0.276 e. The van der Waals surface area contributed by atoms with E-state index < -0.39 is 5.91 Å². The van der Waals surface area contributed by atoms with Gasteiger partial charge in [-0.25, -0.2) is 4.68 Å². The molecule has 1 aromatic heterocycles. The predicted octanol–water partition coefficient (Wildman–Crippen LogP) is 8.06. The molecule has 0 atom stereocenters. The second-order valence-corrected chi connectivity index (χ2v) is 8.61. The lowest BCUT2D eigenvalue weighted by molar-refractivity contribution is 0.102. The van der Waals surface area contributed by atoms with Crippen LogP contribution in [0.25, 0.3) is 16.9 Å². The van der Waals surface area contributed by atoms with Crippen LogP contribution >= 0.6 is 58.0 Å². The molecule has 0 aliphatic heterocycles. The summed E-state index contributed by atoms with van der Waals surface area (Å²) < 4.78 is 1.57. The molecule has 0 unspecified atom stereocenters. The van der Waals surface area contributed by atoms with Crippen LogP contribution in [0.2, 0.25) is 25.1 Å². The molecule has 31 heavy (non-hydrogen) atoms. The van der Waals surface area contributed by atoms with Gasteiger partial charge in [0.25, 0.3) is 5.91 Å². The van der Waals surface area contributed by atoms with E-state index in [9.17, 15) is 4.79 Å². The van der Waals surface area contributed by atoms with E-state index in [-0.39, 0.29) is 5.69 Å². The molecule has 0 bridgehead atoms. The number of nitrogens with zero attached hydrogens (tertiary/aromatic N) is 2. The number of hydrogen-bond acceptors (Lipinski definition) is 2. The Bertz CT molecular complexity index is 1290. The molecule has 0 spiro atoms. The first-order valence-corrected chi connectivity index (χ1v) is 10.8. The van der Waals surface area contributed by atoms with Crippen LogP contribution in [0.4, 0.5) is 5.69 Å². The van der Waals surface area contributed by atoms with Crippen molar-refractivity contribution in [3.63, 3.8) is 0 Å². The van der Waals surface area contributed by atoms with Crippen LogP contribution in [0.5, 0.6) is 0 Å². The topological polar surface area (TPSA) is 46.9 Å². The molecule has 4 aromatic rings. The average Bonchev–Trinajstić information content (AvgIpc) is 3.18. The van der Waals surface area contributed by atoms with Gasteiger partial charge in [0, 0.05) is 21.3 Å². The number of hydrogen-bond donors (Lipinski definition) is 1. The van der Waals surface area contributed by atoms with Crippen molar-refractivity contribution in [1.82, 2.24) is 9.78 Å². The highest BCUT2D eigenvalue weighted by atomic mass is 35.5. The van der Waals surface area contributed by atoms with Crippen LogP contribution in [-0.2, 0) is 0 Å². The molecule has 0 saturated heterocycles. The molecule has 4 nitrogen and oxygen atoms in total. The molecular formula is C22H12Cl5N3O. The molecule has 0 radical (unpaired) electrons. The van der Waals surface area contributed by atoms with Crippen LogP contribution in [0.15, 0.2) is 66.7 Å². The summed E-state index contributed by atoms with van der Waals surface area (Å²) in [6, 6.07) is 18.7. The van der Waals surface area contributed by atoms with Crippen molar-refractivity contribution in [3.05, 3.63) is 97.5 Å². The third-order valence-electron chi connectivity index (χ3n) is 4.40. The van der Waals surface area contributed by atoms with E-state index in [0.717, 1.165) is 5.56 Å². The Balaban J connectivity index is 1.78. The van der Waals surface area contributed by atoms with E-state index in [1.165, 1.54) is 0 Å². The third kappa shape index (κ3) is 4.84. The minimum Gasteiger partial charge on any atom is -0.321 e. The molecule has 9 heteroatoms. The van der Waals surface area contributed by atoms with Crippen molar-refractivity contribution >= 4 is 69.6 Å². The summed E-state index contributed by atoms with van der Waals surface area (Å²) >= 11 is 30.6. The summed E-state index contributed by atoms with van der Waals surface area (Å²) in [6.07, 6.45) is 0. The first-order valence-electron chi connectivity index (χ1n) is 8.89. The highest BCUT2D eigenvalue weighted by Gasteiger charge is 2.19. The largest absolute Gasteiger partial charge is 0.321 e. The zero-order chi connectivity index (χ0) is 22.1. The zero-order valence-electron chi connectivity index (χ0n) is 15.5. The minimum absolute atomic E-state index is 0.173. The maximum absolute atomic E-state index is 12.9. The fourth-order valence-electron chi connectivity index (χ4n) is 2.92. The van der Waals surface area contributed by atoms with E-state index in [2.05, 4.69) is 10.4 Å². The maximum atomic E-state index is 12.9. The Morgan fingerprint density at radius 3 is 2.13 bits per heavy atom. The van der Waals surface area contributed by atoms with Crippen LogP contribution in [0.3, 0.4) is 0 Å². The van der Waals surface area contributed by atoms with E-state index in [0.29, 0.717) is 42.2 Å². The van der Waals surface area contributed by atoms with Crippen molar-refractivity contribution in [2.24, 2.45) is 0 Å². The maximum Gasteiger partial charge on any atom is 0.276 e. The quantitative estimate of drug-likeness (QED) is 0.301. The van der Waals surface area contributed by atoms with Gasteiger partial charge in [-0.2, -0.15) is 5.10 Å². The second-order valence-electron chi connectivity index (χ2n) is 6.51. The standard InChI is InChI=1S/C22H12Cl5N3O/c23-13-3-1-12(2-4-13)20-11-19(22(31)28-15-6-8-16(25)18(27)10-15)29-30(20)21-9-14(24)5-7-17(21)26/h1-11H,(H,28,31). The van der Waals surface area contributed by atoms with Crippen molar-refractivity contribution in [1.29, 1.82) is 0 Å². The summed E-state index contributed by atoms with van der Waals surface area (Å²) in [5.74, 6) is -0.425. The number of nitrogens with one attached hydrogen (secondary N) is 1. The van der Waals surface area contributed by atoms with Gasteiger partial charge in [-0.05, 0) is 54.6 Å². The number of halogens is 5. The lowest BCUT2D eigenvalue weighted by Gasteiger charge is -2.10. The first-order chi connectivity index (χ1) is 14.8. The summed E-state index contributed by atoms with van der Waals surface area (Å²) in [5.41, 5.74) is 2.63. The summed E-state index contributed by atoms with van der Waals surface area (Å²) in [7, 11) is 0.